The molecule has 0 spiro atoms. The van der Waals surface area contributed by atoms with E-state index in [2.05, 4.69) is 10.3 Å². The molecule has 0 saturated carbocycles. The quantitative estimate of drug-likeness (QED) is 0.613. The normalized spacial score (nSPS) is 11.5. The van der Waals surface area contributed by atoms with Gasteiger partial charge in [0.2, 0.25) is 10.0 Å². The van der Waals surface area contributed by atoms with Crippen molar-refractivity contribution < 1.29 is 13.2 Å². The first-order valence-corrected chi connectivity index (χ1v) is 11.2. The molecule has 30 heavy (non-hydrogen) atoms. The van der Waals surface area contributed by atoms with E-state index in [4.69, 9.17) is 0 Å². The minimum Gasteiger partial charge on any atom is -0.307 e. The van der Waals surface area contributed by atoms with Crippen LogP contribution in [-0.4, -0.2) is 36.7 Å². The molecular weight excluding hydrogens is 398 g/mol. The van der Waals surface area contributed by atoms with Crippen LogP contribution in [0.3, 0.4) is 0 Å². The Morgan fingerprint density at radius 1 is 0.967 bits per heavy atom. The number of aromatic nitrogens is 1. The Bertz CT molecular complexity index is 1120. The van der Waals surface area contributed by atoms with Gasteiger partial charge in [0.15, 0.2) is 0 Å². The second-order valence-corrected chi connectivity index (χ2v) is 8.76. The molecule has 0 unspecified atom stereocenters. The number of rotatable bonds is 7. The van der Waals surface area contributed by atoms with Crippen LogP contribution < -0.4 is 5.32 Å². The van der Waals surface area contributed by atoms with Crippen LogP contribution in [0.5, 0.6) is 0 Å². The van der Waals surface area contributed by atoms with Crippen molar-refractivity contribution in [1.82, 2.24) is 9.29 Å². The molecule has 7 heteroatoms. The SMILES string of the molecule is CCN(CC)S(=O)(=O)c1ccc(C)c(C(=O)Nc2ccc(-c3ccccc3)cn2)c1. The van der Waals surface area contributed by atoms with Crippen molar-refractivity contribution in [3.05, 3.63) is 78.0 Å². The molecule has 156 valence electrons. The van der Waals surface area contributed by atoms with E-state index in [-0.39, 0.29) is 4.90 Å². The fourth-order valence-electron chi connectivity index (χ4n) is 3.17. The summed E-state index contributed by atoms with van der Waals surface area (Å²) in [4.78, 5) is 17.2. The lowest BCUT2D eigenvalue weighted by molar-refractivity contribution is 0.102. The third kappa shape index (κ3) is 4.58. The molecular formula is C23H25N3O3S. The van der Waals surface area contributed by atoms with Crippen molar-refractivity contribution in [1.29, 1.82) is 0 Å². The minimum atomic E-state index is -3.65. The maximum Gasteiger partial charge on any atom is 0.257 e. The van der Waals surface area contributed by atoms with E-state index in [1.807, 2.05) is 36.4 Å². The van der Waals surface area contributed by atoms with Crippen LogP contribution in [0.1, 0.15) is 29.8 Å². The highest BCUT2D eigenvalue weighted by Gasteiger charge is 2.23. The number of anilines is 1. The lowest BCUT2D eigenvalue weighted by atomic mass is 10.1. The summed E-state index contributed by atoms with van der Waals surface area (Å²) in [5, 5.41) is 2.76. The van der Waals surface area contributed by atoms with E-state index >= 15 is 0 Å². The summed E-state index contributed by atoms with van der Waals surface area (Å²) in [6.45, 7) is 6.08. The van der Waals surface area contributed by atoms with Crippen molar-refractivity contribution in [2.24, 2.45) is 0 Å². The molecule has 1 amide bonds. The zero-order valence-electron chi connectivity index (χ0n) is 17.3. The second kappa shape index (κ2) is 9.19. The summed E-state index contributed by atoms with van der Waals surface area (Å²) in [6.07, 6.45) is 1.69. The number of amides is 1. The van der Waals surface area contributed by atoms with Crippen LogP contribution in [0.2, 0.25) is 0 Å². The molecule has 0 saturated heterocycles. The lowest BCUT2D eigenvalue weighted by Gasteiger charge is -2.19. The Morgan fingerprint density at radius 2 is 1.67 bits per heavy atom. The number of hydrogen-bond acceptors (Lipinski definition) is 4. The van der Waals surface area contributed by atoms with Gasteiger partial charge in [-0.25, -0.2) is 13.4 Å². The third-order valence-corrected chi connectivity index (χ3v) is 6.95. The fourth-order valence-corrected chi connectivity index (χ4v) is 4.66. The number of nitrogens with one attached hydrogen (secondary N) is 1. The first-order chi connectivity index (χ1) is 14.4. The highest BCUT2D eigenvalue weighted by atomic mass is 32.2. The summed E-state index contributed by atoms with van der Waals surface area (Å²) in [5.74, 6) is 0.000132. The minimum absolute atomic E-state index is 0.106. The maximum absolute atomic E-state index is 12.8. The Labute approximate surface area is 177 Å². The van der Waals surface area contributed by atoms with Gasteiger partial charge in [0.1, 0.15) is 5.82 Å². The van der Waals surface area contributed by atoms with Gasteiger partial charge in [0.05, 0.1) is 4.90 Å². The highest BCUT2D eigenvalue weighted by Crippen LogP contribution is 2.22. The predicted molar refractivity (Wildman–Crippen MR) is 119 cm³/mol. The smallest absolute Gasteiger partial charge is 0.257 e. The molecule has 0 radical (unpaired) electrons. The predicted octanol–water partition coefficient (Wildman–Crippen LogP) is 4.34. The summed E-state index contributed by atoms with van der Waals surface area (Å²) >= 11 is 0. The van der Waals surface area contributed by atoms with Crippen molar-refractivity contribution >= 4 is 21.7 Å². The maximum atomic E-state index is 12.8. The molecule has 2 aromatic carbocycles. The van der Waals surface area contributed by atoms with Crippen molar-refractivity contribution in [2.75, 3.05) is 18.4 Å². The molecule has 0 aliphatic rings. The molecule has 1 heterocycles. The molecule has 0 bridgehead atoms. The van der Waals surface area contributed by atoms with Gasteiger partial charge < -0.3 is 5.32 Å². The molecule has 0 atom stereocenters. The van der Waals surface area contributed by atoms with Gasteiger partial charge in [0.25, 0.3) is 5.91 Å². The number of aryl methyl sites for hydroxylation is 1. The summed E-state index contributed by atoms with van der Waals surface area (Å²) in [7, 11) is -3.65. The zero-order valence-corrected chi connectivity index (χ0v) is 18.1. The molecule has 3 aromatic rings. The largest absolute Gasteiger partial charge is 0.307 e. The highest BCUT2D eigenvalue weighted by molar-refractivity contribution is 7.89. The van der Waals surface area contributed by atoms with Crippen LogP contribution in [-0.2, 0) is 10.0 Å². The van der Waals surface area contributed by atoms with Crippen LogP contribution in [0, 0.1) is 6.92 Å². The van der Waals surface area contributed by atoms with Gasteiger partial charge in [-0.3, -0.25) is 4.79 Å². The topological polar surface area (TPSA) is 79.4 Å². The van der Waals surface area contributed by atoms with Crippen LogP contribution >= 0.6 is 0 Å². The van der Waals surface area contributed by atoms with E-state index in [1.54, 1.807) is 39.1 Å². The summed E-state index contributed by atoms with van der Waals surface area (Å²) in [5.41, 5.74) is 2.97. The number of carbonyl (C=O) groups is 1. The van der Waals surface area contributed by atoms with Gasteiger partial charge in [-0.2, -0.15) is 4.31 Å². The monoisotopic (exact) mass is 423 g/mol. The van der Waals surface area contributed by atoms with Crippen LogP contribution in [0.15, 0.2) is 71.8 Å². The standard InChI is InChI=1S/C23H25N3O3S/c1-4-26(5-2)30(28,29)20-13-11-17(3)21(15-20)23(27)25-22-14-12-19(16-24-22)18-9-7-6-8-10-18/h6-16H,4-5H2,1-3H3,(H,24,25,27). The number of carbonyl (C=O) groups excluding carboxylic acids is 1. The molecule has 0 aliphatic heterocycles. The molecule has 3 rings (SSSR count). The lowest BCUT2D eigenvalue weighted by Crippen LogP contribution is -2.30. The average molecular weight is 424 g/mol. The molecule has 6 nitrogen and oxygen atoms in total. The van der Waals surface area contributed by atoms with Crippen molar-refractivity contribution in [2.45, 2.75) is 25.7 Å². The Hall–Kier alpha value is -3.03. The second-order valence-electron chi connectivity index (χ2n) is 6.82. The first kappa shape index (κ1) is 21.7. The first-order valence-electron chi connectivity index (χ1n) is 9.80. The van der Waals surface area contributed by atoms with Crippen LogP contribution in [0.4, 0.5) is 5.82 Å². The van der Waals surface area contributed by atoms with Crippen molar-refractivity contribution in [3.8, 4) is 11.1 Å². The summed E-state index contributed by atoms with van der Waals surface area (Å²) in [6, 6.07) is 18.0. The molecule has 0 aliphatic carbocycles. The zero-order chi connectivity index (χ0) is 21.7. The van der Waals surface area contributed by atoms with E-state index in [1.165, 1.54) is 16.4 Å². The van der Waals surface area contributed by atoms with E-state index < -0.39 is 15.9 Å². The molecule has 1 N–H and O–H groups in total. The van der Waals surface area contributed by atoms with Gasteiger partial charge in [0, 0.05) is 30.4 Å². The Balaban J connectivity index is 1.83. The Morgan fingerprint density at radius 3 is 2.27 bits per heavy atom. The number of benzene rings is 2. The Kier molecular flexibility index (Phi) is 6.64. The van der Waals surface area contributed by atoms with Gasteiger partial charge in [-0.1, -0.05) is 50.2 Å². The van der Waals surface area contributed by atoms with E-state index in [0.29, 0.717) is 30.0 Å². The fraction of sp³-hybridized carbons (Fsp3) is 0.217. The van der Waals surface area contributed by atoms with E-state index in [0.717, 1.165) is 11.1 Å². The van der Waals surface area contributed by atoms with E-state index in [9.17, 15) is 13.2 Å². The third-order valence-electron chi connectivity index (χ3n) is 4.91. The van der Waals surface area contributed by atoms with Gasteiger partial charge in [-0.05, 0) is 42.3 Å². The number of sulfonamides is 1. The molecule has 1 aromatic heterocycles. The molecule has 0 fully saturated rings. The van der Waals surface area contributed by atoms with Crippen molar-refractivity contribution in [3.63, 3.8) is 0 Å². The summed E-state index contributed by atoms with van der Waals surface area (Å²) < 4.78 is 27.0. The van der Waals surface area contributed by atoms with Gasteiger partial charge >= 0.3 is 0 Å². The van der Waals surface area contributed by atoms with Gasteiger partial charge in [-0.15, -0.1) is 0 Å². The number of pyridine rings is 1. The van der Waals surface area contributed by atoms with Crippen LogP contribution in [0.25, 0.3) is 11.1 Å². The average Bonchev–Trinajstić information content (AvgIpc) is 2.75. The number of nitrogens with zero attached hydrogens (tertiary/aromatic N) is 2. The number of hydrogen-bond donors (Lipinski definition) is 1.